The first-order chi connectivity index (χ1) is 5.90. The Labute approximate surface area is 72.7 Å². The van der Waals surface area contributed by atoms with Crippen LogP contribution < -0.4 is 0 Å². The molecule has 12 heavy (non-hydrogen) atoms. The second-order valence-corrected chi connectivity index (χ2v) is 3.07. The van der Waals surface area contributed by atoms with Crippen molar-refractivity contribution in [3.8, 4) is 10.6 Å². The Morgan fingerprint density at radius 1 is 1.58 bits per heavy atom. The monoisotopic (exact) mass is 179 g/mol. The van der Waals surface area contributed by atoms with E-state index in [0.717, 1.165) is 16.9 Å². The van der Waals surface area contributed by atoms with E-state index in [4.69, 9.17) is 4.42 Å². The number of hydrogen-bond donors (Lipinski definition) is 0. The largest absolute Gasteiger partial charge is 0.472 e. The van der Waals surface area contributed by atoms with Gasteiger partial charge in [0.05, 0.1) is 6.26 Å². The quantitative estimate of drug-likeness (QED) is 0.664. The van der Waals surface area contributed by atoms with E-state index in [-0.39, 0.29) is 0 Å². The summed E-state index contributed by atoms with van der Waals surface area (Å²) >= 11 is 1.43. The molecule has 0 aliphatic heterocycles. The lowest BCUT2D eigenvalue weighted by Crippen LogP contribution is -1.77. The number of rotatable bonds is 2. The maximum atomic E-state index is 10.3. The number of aromatic nitrogens is 1. The van der Waals surface area contributed by atoms with E-state index in [9.17, 15) is 4.79 Å². The van der Waals surface area contributed by atoms with Gasteiger partial charge in [0.1, 0.15) is 17.0 Å². The summed E-state index contributed by atoms with van der Waals surface area (Å²) in [7, 11) is 0. The third-order valence-electron chi connectivity index (χ3n) is 1.41. The second-order valence-electron chi connectivity index (χ2n) is 2.21. The smallest absolute Gasteiger partial charge is 0.169 e. The number of aldehydes is 1. The molecule has 0 bridgehead atoms. The van der Waals surface area contributed by atoms with Crippen LogP contribution in [0.2, 0.25) is 0 Å². The van der Waals surface area contributed by atoms with Gasteiger partial charge in [-0.3, -0.25) is 4.79 Å². The zero-order valence-corrected chi connectivity index (χ0v) is 6.88. The van der Waals surface area contributed by atoms with Crippen molar-refractivity contribution in [3.05, 3.63) is 29.7 Å². The van der Waals surface area contributed by atoms with Crippen LogP contribution in [0, 0.1) is 0 Å². The van der Waals surface area contributed by atoms with Gasteiger partial charge >= 0.3 is 0 Å². The van der Waals surface area contributed by atoms with Crippen LogP contribution >= 0.6 is 11.3 Å². The highest BCUT2D eigenvalue weighted by Gasteiger charge is 2.03. The van der Waals surface area contributed by atoms with Crippen molar-refractivity contribution in [2.24, 2.45) is 0 Å². The predicted octanol–water partition coefficient (Wildman–Crippen LogP) is 2.22. The Bertz CT molecular complexity index is 377. The second kappa shape index (κ2) is 2.91. The van der Waals surface area contributed by atoms with Crippen LogP contribution in [0.4, 0.5) is 0 Å². The van der Waals surface area contributed by atoms with Gasteiger partial charge in [0, 0.05) is 10.9 Å². The number of nitrogens with zero attached hydrogens (tertiary/aromatic N) is 1. The van der Waals surface area contributed by atoms with Gasteiger partial charge in [0.2, 0.25) is 0 Å². The molecule has 3 nitrogen and oxygen atoms in total. The molecule has 0 fully saturated rings. The van der Waals surface area contributed by atoms with E-state index in [0.29, 0.717) is 5.69 Å². The summed E-state index contributed by atoms with van der Waals surface area (Å²) in [4.78, 5) is 14.4. The van der Waals surface area contributed by atoms with Crippen LogP contribution in [0.25, 0.3) is 10.6 Å². The van der Waals surface area contributed by atoms with Crippen molar-refractivity contribution in [1.29, 1.82) is 0 Å². The lowest BCUT2D eigenvalue weighted by Gasteiger charge is -1.83. The number of thiazole rings is 1. The summed E-state index contributed by atoms with van der Waals surface area (Å²) in [6.45, 7) is 0. The number of carbonyl (C=O) groups is 1. The van der Waals surface area contributed by atoms with Gasteiger partial charge in [0.25, 0.3) is 0 Å². The lowest BCUT2D eigenvalue weighted by atomic mass is 10.4. The molecule has 0 unspecified atom stereocenters. The van der Waals surface area contributed by atoms with Crippen molar-refractivity contribution < 1.29 is 9.21 Å². The third-order valence-corrected chi connectivity index (χ3v) is 2.32. The predicted molar refractivity (Wildman–Crippen MR) is 45.2 cm³/mol. The minimum absolute atomic E-state index is 0.469. The zero-order chi connectivity index (χ0) is 8.39. The topological polar surface area (TPSA) is 43.1 Å². The molecule has 0 spiro atoms. The highest BCUT2D eigenvalue weighted by molar-refractivity contribution is 7.13. The fraction of sp³-hybridized carbons (Fsp3) is 0. The Morgan fingerprint density at radius 2 is 2.50 bits per heavy atom. The summed E-state index contributed by atoms with van der Waals surface area (Å²) in [5.74, 6) is 0. The zero-order valence-electron chi connectivity index (χ0n) is 6.06. The molecule has 0 saturated carbocycles. The lowest BCUT2D eigenvalue weighted by molar-refractivity contribution is 0.111. The van der Waals surface area contributed by atoms with Gasteiger partial charge in [-0.1, -0.05) is 0 Å². The summed E-state index contributed by atoms with van der Waals surface area (Å²) in [6.07, 6.45) is 3.92. The van der Waals surface area contributed by atoms with Crippen LogP contribution in [0.15, 0.2) is 28.4 Å². The minimum atomic E-state index is 0.469. The van der Waals surface area contributed by atoms with Crippen LogP contribution in [-0.2, 0) is 0 Å². The third kappa shape index (κ3) is 1.16. The first kappa shape index (κ1) is 7.24. The van der Waals surface area contributed by atoms with Gasteiger partial charge in [-0.25, -0.2) is 4.98 Å². The first-order valence-electron chi connectivity index (χ1n) is 3.33. The average Bonchev–Trinajstić information content (AvgIpc) is 2.75. The van der Waals surface area contributed by atoms with E-state index in [1.165, 1.54) is 11.3 Å². The minimum Gasteiger partial charge on any atom is -0.472 e. The Hall–Kier alpha value is -1.42. The first-order valence-corrected chi connectivity index (χ1v) is 4.21. The highest BCUT2D eigenvalue weighted by atomic mass is 32.1. The molecule has 2 aromatic rings. The molecule has 2 heterocycles. The van der Waals surface area contributed by atoms with Crippen molar-refractivity contribution in [2.75, 3.05) is 0 Å². The van der Waals surface area contributed by atoms with E-state index >= 15 is 0 Å². The molecule has 2 aromatic heterocycles. The molecule has 0 N–H and O–H groups in total. The summed E-state index contributed by atoms with van der Waals surface area (Å²) < 4.78 is 4.89. The Morgan fingerprint density at radius 3 is 3.08 bits per heavy atom. The van der Waals surface area contributed by atoms with Crippen LogP contribution in [-0.4, -0.2) is 11.3 Å². The number of carbonyl (C=O) groups excluding carboxylic acids is 1. The molecule has 4 heteroatoms. The van der Waals surface area contributed by atoms with Gasteiger partial charge < -0.3 is 4.42 Å². The SMILES string of the molecule is O=Cc1csc(-c2ccoc2)n1. The van der Waals surface area contributed by atoms with Crippen LogP contribution in [0.5, 0.6) is 0 Å². The van der Waals surface area contributed by atoms with Crippen molar-refractivity contribution >= 4 is 17.6 Å². The molecule has 0 radical (unpaired) electrons. The van der Waals surface area contributed by atoms with Gasteiger partial charge in [-0.05, 0) is 6.07 Å². The maximum Gasteiger partial charge on any atom is 0.169 e. The van der Waals surface area contributed by atoms with E-state index in [2.05, 4.69) is 4.98 Å². The molecule has 0 aliphatic carbocycles. The number of furan rings is 1. The highest BCUT2D eigenvalue weighted by Crippen LogP contribution is 2.22. The molecule has 0 aliphatic rings. The fourth-order valence-corrected chi connectivity index (χ4v) is 1.61. The Balaban J connectivity index is 2.41. The molecule has 0 atom stereocenters. The average molecular weight is 179 g/mol. The molecular formula is C8H5NO2S. The molecule has 0 amide bonds. The molecule has 0 saturated heterocycles. The fourth-order valence-electron chi connectivity index (χ4n) is 0.859. The molecule has 60 valence electrons. The van der Waals surface area contributed by atoms with Crippen molar-refractivity contribution in [2.45, 2.75) is 0 Å². The standard InChI is InChI=1S/C8H5NO2S/c10-3-7-5-12-8(9-7)6-1-2-11-4-6/h1-5H. The van der Waals surface area contributed by atoms with E-state index in [1.807, 2.05) is 6.07 Å². The van der Waals surface area contributed by atoms with Gasteiger partial charge in [-0.15, -0.1) is 11.3 Å². The number of hydrogen-bond acceptors (Lipinski definition) is 4. The Kier molecular flexibility index (Phi) is 1.75. The van der Waals surface area contributed by atoms with Crippen LogP contribution in [0.3, 0.4) is 0 Å². The summed E-state index contributed by atoms with van der Waals surface area (Å²) in [5, 5.41) is 2.53. The normalized spacial score (nSPS) is 10.0. The maximum absolute atomic E-state index is 10.3. The summed E-state index contributed by atoms with van der Waals surface area (Å²) in [5.41, 5.74) is 1.38. The van der Waals surface area contributed by atoms with Gasteiger partial charge in [0.15, 0.2) is 6.29 Å². The van der Waals surface area contributed by atoms with Gasteiger partial charge in [-0.2, -0.15) is 0 Å². The van der Waals surface area contributed by atoms with Crippen LogP contribution in [0.1, 0.15) is 10.5 Å². The van der Waals surface area contributed by atoms with Crippen molar-refractivity contribution in [3.63, 3.8) is 0 Å². The van der Waals surface area contributed by atoms with Crippen molar-refractivity contribution in [1.82, 2.24) is 4.98 Å². The summed E-state index contributed by atoms with van der Waals surface area (Å²) in [6, 6.07) is 1.81. The van der Waals surface area contributed by atoms with E-state index < -0.39 is 0 Å². The van der Waals surface area contributed by atoms with E-state index in [1.54, 1.807) is 17.9 Å². The molecular weight excluding hydrogens is 174 g/mol. The molecule has 0 aromatic carbocycles. The molecule has 2 rings (SSSR count).